The van der Waals surface area contributed by atoms with E-state index in [1.807, 2.05) is 54.6 Å². The molecule has 2 aromatic carbocycles. The summed E-state index contributed by atoms with van der Waals surface area (Å²) in [6, 6.07) is 16.7. The molecule has 3 aromatic rings. The monoisotopic (exact) mass is 378 g/mol. The van der Waals surface area contributed by atoms with Gasteiger partial charge in [0.2, 0.25) is 5.91 Å². The number of hydrogen-bond donors (Lipinski definition) is 1. The van der Waals surface area contributed by atoms with Gasteiger partial charge in [0.05, 0.1) is 25.2 Å². The number of carbonyl (C=O) groups excluding carboxylic acids is 2. The van der Waals surface area contributed by atoms with Crippen LogP contribution >= 0.6 is 0 Å². The molecule has 4 rings (SSSR count). The standard InChI is InChI=1S/C22H22N2O4/c1-22(21(27)23-12-11-16-5-3-4-6-18(16)23)19(25)13-20(26)24(22)14-15-7-9-17(28-2)10-8-15/h3-12,19,25H,13-14H2,1-2H3. The first-order valence-corrected chi connectivity index (χ1v) is 9.17. The summed E-state index contributed by atoms with van der Waals surface area (Å²) in [5.74, 6) is 0.158. The molecular weight excluding hydrogens is 356 g/mol. The quantitative estimate of drug-likeness (QED) is 0.758. The molecule has 1 aliphatic heterocycles. The molecule has 1 aliphatic rings. The predicted molar refractivity (Wildman–Crippen MR) is 105 cm³/mol. The Bertz CT molecular complexity index is 1040. The van der Waals surface area contributed by atoms with E-state index < -0.39 is 11.6 Å². The van der Waals surface area contributed by atoms with E-state index in [-0.39, 0.29) is 24.8 Å². The third-order valence-electron chi connectivity index (χ3n) is 5.63. The fraction of sp³-hybridized carbons (Fsp3) is 0.273. The van der Waals surface area contributed by atoms with Crippen molar-refractivity contribution in [2.45, 2.75) is 31.5 Å². The van der Waals surface area contributed by atoms with Gasteiger partial charge in [-0.05, 0) is 36.8 Å². The average Bonchev–Trinajstić information content (AvgIpc) is 3.23. The zero-order valence-electron chi connectivity index (χ0n) is 15.8. The van der Waals surface area contributed by atoms with Crippen LogP contribution in [0.2, 0.25) is 0 Å². The number of hydrogen-bond acceptors (Lipinski definition) is 4. The zero-order chi connectivity index (χ0) is 19.9. The number of rotatable bonds is 4. The van der Waals surface area contributed by atoms with Crippen molar-refractivity contribution in [3.8, 4) is 5.75 Å². The van der Waals surface area contributed by atoms with Gasteiger partial charge in [-0.3, -0.25) is 14.2 Å². The topological polar surface area (TPSA) is 71.8 Å². The van der Waals surface area contributed by atoms with Gasteiger partial charge in [-0.15, -0.1) is 0 Å². The highest BCUT2D eigenvalue weighted by Crippen LogP contribution is 2.35. The zero-order valence-corrected chi connectivity index (χ0v) is 15.8. The number of aliphatic hydroxyl groups is 1. The number of fused-ring (bicyclic) bond motifs is 1. The summed E-state index contributed by atoms with van der Waals surface area (Å²) in [6.07, 6.45) is 0.545. The van der Waals surface area contributed by atoms with Crippen molar-refractivity contribution in [1.82, 2.24) is 9.47 Å². The van der Waals surface area contributed by atoms with Crippen LogP contribution in [0.25, 0.3) is 10.9 Å². The van der Waals surface area contributed by atoms with Crippen LogP contribution in [0.15, 0.2) is 60.8 Å². The summed E-state index contributed by atoms with van der Waals surface area (Å²) in [4.78, 5) is 27.6. The Labute approximate surface area is 162 Å². The number of methoxy groups -OCH3 is 1. The number of benzene rings is 2. The Kier molecular flexibility index (Phi) is 4.43. The van der Waals surface area contributed by atoms with Crippen LogP contribution < -0.4 is 4.74 Å². The Hall–Kier alpha value is -3.12. The number of aromatic nitrogens is 1. The third kappa shape index (κ3) is 2.77. The Morgan fingerprint density at radius 1 is 1.18 bits per heavy atom. The van der Waals surface area contributed by atoms with Crippen molar-refractivity contribution in [3.05, 3.63) is 66.4 Å². The summed E-state index contributed by atoms with van der Waals surface area (Å²) in [6.45, 7) is 1.88. The van der Waals surface area contributed by atoms with Gasteiger partial charge in [-0.2, -0.15) is 0 Å². The molecule has 1 amide bonds. The molecule has 0 spiro atoms. The van der Waals surface area contributed by atoms with Gasteiger partial charge < -0.3 is 14.7 Å². The fourth-order valence-electron chi connectivity index (χ4n) is 3.84. The molecule has 1 saturated heterocycles. The third-order valence-corrected chi connectivity index (χ3v) is 5.63. The number of ether oxygens (including phenoxy) is 1. The summed E-state index contributed by atoms with van der Waals surface area (Å²) in [5.41, 5.74) is 0.267. The molecule has 0 bridgehead atoms. The van der Waals surface area contributed by atoms with Crippen molar-refractivity contribution in [1.29, 1.82) is 0 Å². The second-order valence-corrected chi connectivity index (χ2v) is 7.25. The predicted octanol–water partition coefficient (Wildman–Crippen LogP) is 2.84. The SMILES string of the molecule is COc1ccc(CN2C(=O)CC(O)C2(C)C(=O)n2ccc3ccccc32)cc1. The van der Waals surface area contributed by atoms with E-state index in [0.29, 0.717) is 5.75 Å². The Morgan fingerprint density at radius 3 is 2.61 bits per heavy atom. The van der Waals surface area contributed by atoms with E-state index in [4.69, 9.17) is 4.74 Å². The highest BCUT2D eigenvalue weighted by Gasteiger charge is 2.54. The van der Waals surface area contributed by atoms with Gasteiger partial charge in [-0.1, -0.05) is 30.3 Å². The van der Waals surface area contributed by atoms with Crippen LogP contribution in [0.3, 0.4) is 0 Å². The molecule has 0 saturated carbocycles. The number of likely N-dealkylation sites (tertiary alicyclic amines) is 1. The maximum Gasteiger partial charge on any atom is 0.259 e. The molecule has 1 N–H and O–H groups in total. The van der Waals surface area contributed by atoms with E-state index in [0.717, 1.165) is 16.5 Å². The van der Waals surface area contributed by atoms with E-state index in [9.17, 15) is 14.7 Å². The van der Waals surface area contributed by atoms with E-state index >= 15 is 0 Å². The lowest BCUT2D eigenvalue weighted by Gasteiger charge is -2.36. The van der Waals surface area contributed by atoms with Crippen LogP contribution in [0.1, 0.15) is 23.7 Å². The molecule has 2 atom stereocenters. The van der Waals surface area contributed by atoms with Gasteiger partial charge >= 0.3 is 0 Å². The van der Waals surface area contributed by atoms with Crippen molar-refractivity contribution < 1.29 is 19.4 Å². The molecule has 6 nitrogen and oxygen atoms in total. The van der Waals surface area contributed by atoms with Crippen molar-refractivity contribution >= 4 is 22.7 Å². The number of para-hydroxylation sites is 1. The fourth-order valence-corrected chi connectivity index (χ4v) is 3.84. The summed E-state index contributed by atoms with van der Waals surface area (Å²) < 4.78 is 6.69. The van der Waals surface area contributed by atoms with Crippen LogP contribution in [0, 0.1) is 0 Å². The molecule has 144 valence electrons. The minimum atomic E-state index is -1.35. The molecule has 0 aliphatic carbocycles. The molecule has 6 heteroatoms. The largest absolute Gasteiger partial charge is 0.497 e. The number of aliphatic hydroxyl groups excluding tert-OH is 1. The van der Waals surface area contributed by atoms with Gasteiger partial charge in [0.25, 0.3) is 5.91 Å². The maximum atomic E-state index is 13.5. The average molecular weight is 378 g/mol. The Balaban J connectivity index is 1.71. The highest BCUT2D eigenvalue weighted by molar-refractivity contribution is 6.01. The van der Waals surface area contributed by atoms with Gasteiger partial charge in [0, 0.05) is 18.1 Å². The van der Waals surface area contributed by atoms with E-state index in [2.05, 4.69) is 0 Å². The molecule has 1 fully saturated rings. The van der Waals surface area contributed by atoms with Crippen molar-refractivity contribution in [2.75, 3.05) is 7.11 Å². The molecule has 2 unspecified atom stereocenters. The van der Waals surface area contributed by atoms with E-state index in [1.54, 1.807) is 20.2 Å². The molecule has 0 radical (unpaired) electrons. The maximum absolute atomic E-state index is 13.5. The summed E-state index contributed by atoms with van der Waals surface area (Å²) >= 11 is 0. The number of amides is 1. The minimum absolute atomic E-state index is 0.0718. The van der Waals surface area contributed by atoms with Crippen molar-refractivity contribution in [3.63, 3.8) is 0 Å². The highest BCUT2D eigenvalue weighted by atomic mass is 16.5. The lowest BCUT2D eigenvalue weighted by atomic mass is 9.93. The molecule has 28 heavy (non-hydrogen) atoms. The summed E-state index contributed by atoms with van der Waals surface area (Å²) in [7, 11) is 1.59. The van der Waals surface area contributed by atoms with Crippen LogP contribution in [0.5, 0.6) is 5.75 Å². The second kappa shape index (κ2) is 6.80. The number of nitrogens with zero attached hydrogens (tertiary/aromatic N) is 2. The van der Waals surface area contributed by atoms with Gasteiger partial charge in [-0.25, -0.2) is 0 Å². The van der Waals surface area contributed by atoms with Crippen LogP contribution in [-0.4, -0.2) is 45.1 Å². The first-order chi connectivity index (χ1) is 13.4. The van der Waals surface area contributed by atoms with Crippen LogP contribution in [-0.2, 0) is 11.3 Å². The Morgan fingerprint density at radius 2 is 1.89 bits per heavy atom. The molecule has 2 heterocycles. The minimum Gasteiger partial charge on any atom is -0.497 e. The smallest absolute Gasteiger partial charge is 0.259 e. The van der Waals surface area contributed by atoms with Crippen LogP contribution in [0.4, 0.5) is 0 Å². The molecular formula is C22H22N2O4. The van der Waals surface area contributed by atoms with E-state index in [1.165, 1.54) is 9.47 Å². The lowest BCUT2D eigenvalue weighted by Crippen LogP contribution is -2.56. The van der Waals surface area contributed by atoms with Crippen molar-refractivity contribution in [2.24, 2.45) is 0 Å². The second-order valence-electron chi connectivity index (χ2n) is 7.25. The van der Waals surface area contributed by atoms with Gasteiger partial charge in [0.1, 0.15) is 11.3 Å². The normalized spacial score (nSPS) is 22.0. The van der Waals surface area contributed by atoms with Gasteiger partial charge in [0.15, 0.2) is 0 Å². The summed E-state index contributed by atoms with van der Waals surface area (Å²) in [5, 5.41) is 11.6. The number of carbonyl (C=O) groups is 2. The first kappa shape index (κ1) is 18.3. The molecule has 1 aromatic heterocycles. The first-order valence-electron chi connectivity index (χ1n) is 9.17. The lowest BCUT2D eigenvalue weighted by molar-refractivity contribution is -0.130.